The zero-order valence-electron chi connectivity index (χ0n) is 11.7. The maximum atomic E-state index is 12.7. The van der Waals surface area contributed by atoms with Gasteiger partial charge in [0.05, 0.1) is 10.6 Å². The van der Waals surface area contributed by atoms with Crippen molar-refractivity contribution in [2.75, 3.05) is 20.1 Å². The van der Waals surface area contributed by atoms with Gasteiger partial charge >= 0.3 is 0 Å². The molecule has 4 rings (SSSR count). The van der Waals surface area contributed by atoms with Crippen molar-refractivity contribution in [3.05, 3.63) is 35.3 Å². The third kappa shape index (κ3) is 1.82. The van der Waals surface area contributed by atoms with Gasteiger partial charge in [-0.25, -0.2) is 8.42 Å². The Morgan fingerprint density at radius 2 is 1.86 bits per heavy atom. The summed E-state index contributed by atoms with van der Waals surface area (Å²) in [5.74, 6) is 0. The minimum absolute atomic E-state index is 0.481. The summed E-state index contributed by atoms with van der Waals surface area (Å²) in [5.41, 5.74) is 1.06. The van der Waals surface area contributed by atoms with Crippen LogP contribution >= 0.6 is 11.3 Å². The second-order valence-corrected chi connectivity index (χ2v) is 8.47. The van der Waals surface area contributed by atoms with Gasteiger partial charge in [-0.1, -0.05) is 18.2 Å². The molecule has 110 valence electrons. The van der Waals surface area contributed by atoms with Gasteiger partial charge in [0.1, 0.15) is 4.90 Å². The van der Waals surface area contributed by atoms with Gasteiger partial charge in [0.25, 0.3) is 10.0 Å². The van der Waals surface area contributed by atoms with Crippen LogP contribution in [0.4, 0.5) is 0 Å². The number of hydrogen-bond donors (Lipinski definition) is 0. The maximum Gasteiger partial charge on any atom is 0.265 e. The summed E-state index contributed by atoms with van der Waals surface area (Å²) in [4.78, 5) is 3.69. The third-order valence-electron chi connectivity index (χ3n) is 4.17. The molecule has 3 heterocycles. The molecule has 2 aliphatic heterocycles. The van der Waals surface area contributed by atoms with Crippen molar-refractivity contribution in [3.63, 3.8) is 0 Å². The van der Waals surface area contributed by atoms with Crippen LogP contribution < -0.4 is 0 Å². The molecular formula is C15H16N2O2S2. The topological polar surface area (TPSA) is 40.6 Å². The number of benzene rings is 1. The van der Waals surface area contributed by atoms with Gasteiger partial charge in [-0.05, 0) is 18.9 Å². The molecule has 1 saturated heterocycles. The van der Waals surface area contributed by atoms with E-state index in [2.05, 4.69) is 4.90 Å². The molecule has 0 N–H and O–H groups in total. The van der Waals surface area contributed by atoms with Gasteiger partial charge in [0, 0.05) is 36.4 Å². The Kier molecular flexibility index (Phi) is 2.81. The van der Waals surface area contributed by atoms with E-state index in [0.29, 0.717) is 4.90 Å². The summed E-state index contributed by atoms with van der Waals surface area (Å²) in [6.45, 7) is 2.01. The minimum Gasteiger partial charge on any atom is -0.369 e. The largest absolute Gasteiger partial charge is 0.369 e. The summed E-state index contributed by atoms with van der Waals surface area (Å²) in [7, 11) is -1.80. The lowest BCUT2D eigenvalue weighted by atomic mass is 10.2. The van der Waals surface area contributed by atoms with E-state index in [1.165, 1.54) is 17.1 Å². The van der Waals surface area contributed by atoms with Crippen molar-refractivity contribution in [2.24, 2.45) is 0 Å². The highest BCUT2D eigenvalue weighted by molar-refractivity contribution is 7.89. The van der Waals surface area contributed by atoms with Crippen LogP contribution in [0.1, 0.15) is 17.7 Å². The Morgan fingerprint density at radius 1 is 1.14 bits per heavy atom. The second-order valence-electron chi connectivity index (χ2n) is 5.49. The van der Waals surface area contributed by atoms with Crippen molar-refractivity contribution in [3.8, 4) is 0 Å². The molecular weight excluding hydrogens is 304 g/mol. The molecule has 0 bridgehead atoms. The van der Waals surface area contributed by atoms with E-state index in [-0.39, 0.29) is 0 Å². The van der Waals surface area contributed by atoms with Crippen molar-refractivity contribution in [1.29, 1.82) is 0 Å². The molecule has 0 spiro atoms. The number of nitrogens with zero attached hydrogens (tertiary/aromatic N) is 2. The molecule has 1 aromatic carbocycles. The quantitative estimate of drug-likeness (QED) is 0.811. The number of rotatable bonds is 1. The van der Waals surface area contributed by atoms with Crippen LogP contribution in [0.5, 0.6) is 0 Å². The Morgan fingerprint density at radius 3 is 2.62 bits per heavy atom. The second kappa shape index (κ2) is 4.48. The lowest BCUT2D eigenvalue weighted by Gasteiger charge is -2.28. The zero-order valence-corrected chi connectivity index (χ0v) is 13.4. The fraction of sp³-hybridized carbons (Fsp3) is 0.333. The first-order valence-electron chi connectivity index (χ1n) is 7.06. The van der Waals surface area contributed by atoms with Gasteiger partial charge in [0.15, 0.2) is 0 Å². The SMILES string of the molecule is CN1C=C(N2CCCC2)c2sc3ccccc3c2S1(=O)=O. The molecule has 6 heteroatoms. The number of sulfonamides is 1. The predicted molar refractivity (Wildman–Crippen MR) is 85.6 cm³/mol. The van der Waals surface area contributed by atoms with E-state index in [1.54, 1.807) is 24.6 Å². The Bertz CT molecular complexity index is 846. The molecule has 1 fully saturated rings. The molecule has 2 aliphatic rings. The van der Waals surface area contributed by atoms with Crippen molar-refractivity contribution >= 4 is 37.1 Å². The predicted octanol–water partition coefficient (Wildman–Crippen LogP) is 2.93. The number of thiophene rings is 1. The van der Waals surface area contributed by atoms with Crippen LogP contribution in [0, 0.1) is 0 Å². The van der Waals surface area contributed by atoms with E-state index in [1.807, 2.05) is 24.3 Å². The van der Waals surface area contributed by atoms with Crippen LogP contribution in [0.2, 0.25) is 0 Å². The minimum atomic E-state index is -3.43. The molecule has 0 unspecified atom stereocenters. The molecule has 0 saturated carbocycles. The summed E-state index contributed by atoms with van der Waals surface area (Å²) in [6, 6.07) is 7.76. The fourth-order valence-electron chi connectivity index (χ4n) is 3.07. The number of fused-ring (bicyclic) bond motifs is 3. The van der Waals surface area contributed by atoms with Crippen LogP contribution in [-0.2, 0) is 10.0 Å². The molecule has 1 aromatic heterocycles. The molecule has 4 nitrogen and oxygen atoms in total. The zero-order chi connectivity index (χ0) is 14.6. The first-order chi connectivity index (χ1) is 10.1. The highest BCUT2D eigenvalue weighted by atomic mass is 32.2. The number of likely N-dealkylation sites (tertiary alicyclic amines) is 1. The number of hydrogen-bond acceptors (Lipinski definition) is 4. The van der Waals surface area contributed by atoms with Gasteiger partial charge < -0.3 is 4.90 Å². The normalized spacial score (nSPS) is 20.7. The third-order valence-corrected chi connectivity index (χ3v) is 7.30. The van der Waals surface area contributed by atoms with Crippen molar-refractivity contribution < 1.29 is 8.42 Å². The summed E-state index contributed by atoms with van der Waals surface area (Å²) < 4.78 is 27.8. The monoisotopic (exact) mass is 320 g/mol. The van der Waals surface area contributed by atoms with Crippen LogP contribution in [0.15, 0.2) is 35.4 Å². The van der Waals surface area contributed by atoms with Crippen LogP contribution in [-0.4, -0.2) is 37.8 Å². The van der Waals surface area contributed by atoms with E-state index < -0.39 is 10.0 Å². The smallest absolute Gasteiger partial charge is 0.265 e. The molecule has 0 atom stereocenters. The van der Waals surface area contributed by atoms with Gasteiger partial charge in [-0.2, -0.15) is 0 Å². The Labute approximate surface area is 128 Å². The average molecular weight is 320 g/mol. The molecule has 21 heavy (non-hydrogen) atoms. The van der Waals surface area contributed by atoms with E-state index >= 15 is 0 Å². The van der Waals surface area contributed by atoms with E-state index in [9.17, 15) is 8.42 Å². The molecule has 0 radical (unpaired) electrons. The molecule has 2 aromatic rings. The molecule has 0 amide bonds. The van der Waals surface area contributed by atoms with Crippen molar-refractivity contribution in [2.45, 2.75) is 17.7 Å². The van der Waals surface area contributed by atoms with E-state index in [4.69, 9.17) is 0 Å². The van der Waals surface area contributed by atoms with E-state index in [0.717, 1.165) is 33.7 Å². The standard InChI is InChI=1S/C15H16N2O2S2/c1-16-10-12(17-8-4-5-9-17)14-15(21(16,18)19)11-6-2-3-7-13(11)20-14/h2-3,6-7,10H,4-5,8-9H2,1H3. The molecule has 0 aliphatic carbocycles. The van der Waals surface area contributed by atoms with Gasteiger partial charge in [-0.15, -0.1) is 11.3 Å². The summed E-state index contributed by atoms with van der Waals surface area (Å²) in [5, 5.41) is 0.842. The first kappa shape index (κ1) is 13.2. The highest BCUT2D eigenvalue weighted by Crippen LogP contribution is 2.44. The Hall–Kier alpha value is -1.53. The average Bonchev–Trinajstić information content (AvgIpc) is 3.10. The highest BCUT2D eigenvalue weighted by Gasteiger charge is 2.35. The maximum absolute atomic E-state index is 12.7. The lowest BCUT2D eigenvalue weighted by Crippen LogP contribution is -2.30. The van der Waals surface area contributed by atoms with Gasteiger partial charge in [0.2, 0.25) is 0 Å². The van der Waals surface area contributed by atoms with Gasteiger partial charge in [-0.3, -0.25) is 4.31 Å². The van der Waals surface area contributed by atoms with Crippen LogP contribution in [0.3, 0.4) is 0 Å². The lowest BCUT2D eigenvalue weighted by molar-refractivity contribution is 0.476. The van der Waals surface area contributed by atoms with Crippen molar-refractivity contribution in [1.82, 2.24) is 9.21 Å². The Balaban J connectivity index is 2.02. The summed E-state index contributed by atoms with van der Waals surface area (Å²) >= 11 is 1.58. The fourth-order valence-corrected chi connectivity index (χ4v) is 6.04. The first-order valence-corrected chi connectivity index (χ1v) is 9.31. The summed E-state index contributed by atoms with van der Waals surface area (Å²) in [6.07, 6.45) is 4.13. The van der Waals surface area contributed by atoms with Crippen LogP contribution in [0.25, 0.3) is 15.8 Å².